The van der Waals surface area contributed by atoms with Crippen LogP contribution in [-0.2, 0) is 9.53 Å². The molecule has 1 N–H and O–H groups in total. The van der Waals surface area contributed by atoms with Crippen LogP contribution in [0, 0.1) is 0 Å². The van der Waals surface area contributed by atoms with Crippen molar-refractivity contribution in [2.24, 2.45) is 0 Å². The van der Waals surface area contributed by atoms with Crippen LogP contribution in [-0.4, -0.2) is 22.1 Å². The van der Waals surface area contributed by atoms with E-state index in [0.717, 1.165) is 0 Å². The number of esters is 1. The zero-order valence-electron chi connectivity index (χ0n) is 7.23. The van der Waals surface area contributed by atoms with E-state index in [-0.39, 0.29) is 0 Å². The number of H-pyrrole nitrogens is 1. The zero-order valence-corrected chi connectivity index (χ0v) is 7.23. The van der Waals surface area contributed by atoms with E-state index in [1.807, 2.05) is 0 Å². The Balaban J connectivity index is 2.46. The molecule has 0 spiro atoms. The Morgan fingerprint density at radius 3 is 2.79 bits per heavy atom. The van der Waals surface area contributed by atoms with Crippen LogP contribution >= 0.6 is 0 Å². The van der Waals surface area contributed by atoms with Crippen LogP contribution in [0.15, 0.2) is 21.9 Å². The van der Waals surface area contributed by atoms with Gasteiger partial charge in [-0.3, -0.25) is 14.3 Å². The molecule has 14 heavy (non-hydrogen) atoms. The molecule has 1 fully saturated rings. The topological polar surface area (TPSA) is 81.2 Å². The zero-order chi connectivity index (χ0) is 10.1. The van der Waals surface area contributed by atoms with Gasteiger partial charge in [-0.2, -0.15) is 0 Å². The average Bonchev–Trinajstić information content (AvgIpc) is 2.52. The number of hydrogen-bond donors (Lipinski definition) is 1. The fraction of sp³-hybridized carbons (Fsp3) is 0.375. The number of rotatable bonds is 1. The van der Waals surface area contributed by atoms with E-state index in [1.54, 1.807) is 0 Å². The van der Waals surface area contributed by atoms with E-state index in [2.05, 4.69) is 4.98 Å². The van der Waals surface area contributed by atoms with E-state index in [9.17, 15) is 14.4 Å². The third-order valence-electron chi connectivity index (χ3n) is 2.09. The summed E-state index contributed by atoms with van der Waals surface area (Å²) in [6, 6.07) is 0.604. The molecule has 1 aliphatic rings. The van der Waals surface area contributed by atoms with Crippen molar-refractivity contribution in [3.05, 3.63) is 33.1 Å². The van der Waals surface area contributed by atoms with Crippen LogP contribution < -0.4 is 11.2 Å². The number of hydrogen-bond acceptors (Lipinski definition) is 4. The van der Waals surface area contributed by atoms with Gasteiger partial charge in [0.15, 0.2) is 0 Å². The van der Waals surface area contributed by atoms with Gasteiger partial charge >= 0.3 is 11.7 Å². The van der Waals surface area contributed by atoms with Gasteiger partial charge in [0.25, 0.3) is 5.56 Å². The lowest BCUT2D eigenvalue weighted by Crippen LogP contribution is -2.33. The second-order valence-electron chi connectivity index (χ2n) is 2.99. The molecule has 1 aromatic heterocycles. The minimum absolute atomic E-state index is 0.315. The van der Waals surface area contributed by atoms with Crippen LogP contribution in [0.4, 0.5) is 0 Å². The van der Waals surface area contributed by atoms with Crippen LogP contribution in [0.3, 0.4) is 0 Å². The van der Waals surface area contributed by atoms with Crippen LogP contribution in [0.1, 0.15) is 12.5 Å². The predicted octanol–water partition coefficient (Wildman–Crippen LogP) is -0.975. The lowest BCUT2D eigenvalue weighted by Gasteiger charge is -2.07. The van der Waals surface area contributed by atoms with Crippen molar-refractivity contribution in [2.45, 2.75) is 12.5 Å². The first-order chi connectivity index (χ1) is 6.68. The highest BCUT2D eigenvalue weighted by Crippen LogP contribution is 2.17. The molecular formula is C8H8N2O4. The van der Waals surface area contributed by atoms with Gasteiger partial charge in [0.05, 0.1) is 6.61 Å². The largest absolute Gasteiger partial charge is 0.464 e. The monoisotopic (exact) mass is 196 g/mol. The van der Waals surface area contributed by atoms with Gasteiger partial charge in [0, 0.05) is 18.7 Å². The Morgan fingerprint density at radius 2 is 2.21 bits per heavy atom. The summed E-state index contributed by atoms with van der Waals surface area (Å²) in [4.78, 5) is 35.2. The van der Waals surface area contributed by atoms with Crippen molar-refractivity contribution in [3.63, 3.8) is 0 Å². The first kappa shape index (κ1) is 8.74. The lowest BCUT2D eigenvalue weighted by molar-refractivity contribution is -0.140. The number of carbonyl (C=O) groups excluding carboxylic acids is 1. The first-order valence-corrected chi connectivity index (χ1v) is 4.16. The lowest BCUT2D eigenvalue weighted by atomic mass is 10.2. The SMILES string of the molecule is O=C1OCCC1n1ccc(=O)[nH]c1=O. The Bertz CT molecular complexity index is 473. The summed E-state index contributed by atoms with van der Waals surface area (Å²) < 4.78 is 5.89. The van der Waals surface area contributed by atoms with Gasteiger partial charge in [0.2, 0.25) is 0 Å². The van der Waals surface area contributed by atoms with E-state index >= 15 is 0 Å². The summed E-state index contributed by atoms with van der Waals surface area (Å²) in [5.41, 5.74) is -1.06. The number of ether oxygens (including phenoxy) is 1. The molecule has 1 aromatic rings. The van der Waals surface area contributed by atoms with Gasteiger partial charge in [-0.15, -0.1) is 0 Å². The van der Waals surface area contributed by atoms with Crippen LogP contribution in [0.5, 0.6) is 0 Å². The summed E-state index contributed by atoms with van der Waals surface area (Å²) in [5, 5.41) is 0. The highest BCUT2D eigenvalue weighted by molar-refractivity contribution is 5.75. The summed E-state index contributed by atoms with van der Waals surface area (Å²) in [6.45, 7) is 0.315. The molecule has 6 heteroatoms. The van der Waals surface area contributed by atoms with E-state index in [4.69, 9.17) is 4.74 Å². The maximum atomic E-state index is 11.3. The van der Waals surface area contributed by atoms with Crippen LogP contribution in [0.25, 0.3) is 0 Å². The molecule has 1 atom stereocenters. The van der Waals surface area contributed by atoms with Gasteiger partial charge < -0.3 is 4.74 Å². The van der Waals surface area contributed by atoms with E-state index in [1.165, 1.54) is 16.8 Å². The second kappa shape index (κ2) is 3.13. The van der Waals surface area contributed by atoms with Gasteiger partial charge in [-0.25, -0.2) is 9.59 Å². The Labute approximate surface area is 78.1 Å². The standard InChI is InChI=1S/C8H8N2O4/c11-6-1-3-10(8(13)9-6)5-2-4-14-7(5)12/h1,3,5H,2,4H2,(H,9,11,13). The van der Waals surface area contributed by atoms with Crippen molar-refractivity contribution < 1.29 is 9.53 Å². The summed E-state index contributed by atoms with van der Waals surface area (Å²) in [5.74, 6) is -0.431. The molecule has 0 amide bonds. The fourth-order valence-corrected chi connectivity index (χ4v) is 1.41. The number of nitrogens with one attached hydrogen (secondary N) is 1. The second-order valence-corrected chi connectivity index (χ2v) is 2.99. The Hall–Kier alpha value is -1.85. The van der Waals surface area contributed by atoms with Gasteiger partial charge in [-0.05, 0) is 0 Å². The van der Waals surface area contributed by atoms with Gasteiger partial charge in [0.1, 0.15) is 6.04 Å². The van der Waals surface area contributed by atoms with Crippen molar-refractivity contribution >= 4 is 5.97 Å². The first-order valence-electron chi connectivity index (χ1n) is 4.16. The summed E-state index contributed by atoms with van der Waals surface area (Å²) in [7, 11) is 0. The molecule has 2 heterocycles. The highest BCUT2D eigenvalue weighted by Gasteiger charge is 2.28. The molecule has 1 aliphatic heterocycles. The fourth-order valence-electron chi connectivity index (χ4n) is 1.41. The molecule has 0 aromatic carbocycles. The normalized spacial score (nSPS) is 20.9. The van der Waals surface area contributed by atoms with E-state index < -0.39 is 23.3 Å². The summed E-state index contributed by atoms with van der Waals surface area (Å²) >= 11 is 0. The molecule has 2 rings (SSSR count). The molecule has 74 valence electrons. The molecule has 0 saturated carbocycles. The Kier molecular flexibility index (Phi) is 1.95. The third-order valence-corrected chi connectivity index (χ3v) is 2.09. The quantitative estimate of drug-likeness (QED) is 0.585. The van der Waals surface area contributed by atoms with Crippen molar-refractivity contribution in [3.8, 4) is 0 Å². The molecule has 0 radical (unpaired) electrons. The number of carbonyl (C=O) groups is 1. The predicted molar refractivity (Wildman–Crippen MR) is 45.9 cm³/mol. The third kappa shape index (κ3) is 1.34. The average molecular weight is 196 g/mol. The number of aromatic nitrogens is 2. The minimum atomic E-state index is -0.598. The molecule has 6 nitrogen and oxygen atoms in total. The highest BCUT2D eigenvalue weighted by atomic mass is 16.5. The number of nitrogens with zero attached hydrogens (tertiary/aromatic N) is 1. The molecular weight excluding hydrogens is 188 g/mol. The smallest absolute Gasteiger partial charge is 0.329 e. The van der Waals surface area contributed by atoms with Crippen molar-refractivity contribution in [2.75, 3.05) is 6.61 Å². The minimum Gasteiger partial charge on any atom is -0.464 e. The van der Waals surface area contributed by atoms with Crippen molar-refractivity contribution in [1.29, 1.82) is 0 Å². The molecule has 0 aliphatic carbocycles. The summed E-state index contributed by atoms with van der Waals surface area (Å²) in [6.07, 6.45) is 1.77. The maximum Gasteiger partial charge on any atom is 0.329 e. The van der Waals surface area contributed by atoms with E-state index in [0.29, 0.717) is 13.0 Å². The number of cyclic esters (lactones) is 1. The molecule has 0 bridgehead atoms. The van der Waals surface area contributed by atoms with Gasteiger partial charge in [-0.1, -0.05) is 0 Å². The van der Waals surface area contributed by atoms with Crippen LogP contribution in [0.2, 0.25) is 0 Å². The van der Waals surface area contributed by atoms with Crippen molar-refractivity contribution in [1.82, 2.24) is 9.55 Å². The molecule has 1 unspecified atom stereocenters. The maximum absolute atomic E-state index is 11.3. The number of aromatic amines is 1. The Morgan fingerprint density at radius 1 is 1.43 bits per heavy atom. The molecule has 1 saturated heterocycles.